The topological polar surface area (TPSA) is 85.2 Å². The standard InChI is InChI=1S/C23H22N6O2S/c1-28-21(25-26-27-28)17-8-5-9-18(14-17)24-22(30)20-15-19(16-6-3-2-4-7-16)23(32-20)29-10-12-31-13-11-29/h2-9,14-15H,10-13H2,1H3,(H,24,30). The Morgan fingerprint density at radius 1 is 1.03 bits per heavy atom. The van der Waals surface area contributed by atoms with Gasteiger partial charge in [-0.05, 0) is 34.2 Å². The van der Waals surface area contributed by atoms with E-state index < -0.39 is 0 Å². The molecule has 2 aromatic heterocycles. The number of thiophene rings is 1. The van der Waals surface area contributed by atoms with Gasteiger partial charge in [0, 0.05) is 37.0 Å². The van der Waals surface area contributed by atoms with Gasteiger partial charge in [-0.15, -0.1) is 16.4 Å². The number of aryl methyl sites for hydroxylation is 1. The van der Waals surface area contributed by atoms with E-state index in [2.05, 4.69) is 37.9 Å². The molecule has 9 heteroatoms. The molecule has 8 nitrogen and oxygen atoms in total. The normalized spacial score (nSPS) is 13.8. The van der Waals surface area contributed by atoms with E-state index in [1.165, 1.54) is 11.3 Å². The second-order valence-corrected chi connectivity index (χ2v) is 8.49. The van der Waals surface area contributed by atoms with E-state index in [0.29, 0.717) is 29.6 Å². The molecule has 1 fully saturated rings. The van der Waals surface area contributed by atoms with Crippen LogP contribution in [-0.2, 0) is 11.8 Å². The van der Waals surface area contributed by atoms with Gasteiger partial charge >= 0.3 is 0 Å². The van der Waals surface area contributed by atoms with Crippen molar-refractivity contribution in [1.82, 2.24) is 20.2 Å². The minimum atomic E-state index is -0.139. The van der Waals surface area contributed by atoms with Gasteiger partial charge < -0.3 is 15.0 Å². The Labute approximate surface area is 189 Å². The molecule has 1 amide bonds. The Bertz CT molecular complexity index is 1230. The van der Waals surface area contributed by atoms with Crippen molar-refractivity contribution in [2.45, 2.75) is 0 Å². The fraction of sp³-hybridized carbons (Fsp3) is 0.217. The van der Waals surface area contributed by atoms with Crippen LogP contribution in [0.5, 0.6) is 0 Å². The molecule has 1 aliphatic rings. The van der Waals surface area contributed by atoms with Crippen LogP contribution in [0.3, 0.4) is 0 Å². The van der Waals surface area contributed by atoms with Crippen molar-refractivity contribution in [3.05, 3.63) is 65.5 Å². The number of tetrazole rings is 1. The molecule has 1 N–H and O–H groups in total. The van der Waals surface area contributed by atoms with Gasteiger partial charge in [0.2, 0.25) is 0 Å². The number of nitrogens with one attached hydrogen (secondary N) is 1. The molecular weight excluding hydrogens is 424 g/mol. The third kappa shape index (κ3) is 4.12. The number of anilines is 2. The summed E-state index contributed by atoms with van der Waals surface area (Å²) in [6, 6.07) is 19.7. The third-order valence-electron chi connectivity index (χ3n) is 5.32. The lowest BCUT2D eigenvalue weighted by Gasteiger charge is -2.28. The van der Waals surface area contributed by atoms with E-state index in [9.17, 15) is 4.79 Å². The zero-order valence-corrected chi connectivity index (χ0v) is 18.4. The Morgan fingerprint density at radius 2 is 1.81 bits per heavy atom. The Morgan fingerprint density at radius 3 is 2.56 bits per heavy atom. The molecule has 2 aromatic carbocycles. The summed E-state index contributed by atoms with van der Waals surface area (Å²) in [6.45, 7) is 3.01. The van der Waals surface area contributed by atoms with E-state index in [0.717, 1.165) is 34.8 Å². The van der Waals surface area contributed by atoms with Crippen LogP contribution in [0.2, 0.25) is 0 Å². The minimum Gasteiger partial charge on any atom is -0.378 e. The van der Waals surface area contributed by atoms with Crippen LogP contribution in [0.4, 0.5) is 10.7 Å². The van der Waals surface area contributed by atoms with Crippen LogP contribution in [0.25, 0.3) is 22.5 Å². The van der Waals surface area contributed by atoms with Crippen LogP contribution < -0.4 is 10.2 Å². The highest BCUT2D eigenvalue weighted by Gasteiger charge is 2.22. The predicted octanol–water partition coefficient (Wildman–Crippen LogP) is 3.69. The smallest absolute Gasteiger partial charge is 0.265 e. The Balaban J connectivity index is 1.44. The highest BCUT2D eigenvalue weighted by atomic mass is 32.1. The third-order valence-corrected chi connectivity index (χ3v) is 6.51. The largest absolute Gasteiger partial charge is 0.378 e. The molecule has 1 aliphatic heterocycles. The first kappa shape index (κ1) is 20.3. The summed E-state index contributed by atoms with van der Waals surface area (Å²) in [6.07, 6.45) is 0. The molecule has 0 atom stereocenters. The Kier molecular flexibility index (Phi) is 5.66. The Hall–Kier alpha value is -3.56. The molecule has 5 rings (SSSR count). The summed E-state index contributed by atoms with van der Waals surface area (Å²) in [5.41, 5.74) is 3.70. The number of rotatable bonds is 5. The molecule has 0 bridgehead atoms. The van der Waals surface area contributed by atoms with Gasteiger partial charge in [-0.1, -0.05) is 42.5 Å². The van der Waals surface area contributed by atoms with Crippen molar-refractivity contribution in [3.8, 4) is 22.5 Å². The summed E-state index contributed by atoms with van der Waals surface area (Å²) in [4.78, 5) is 16.1. The first-order valence-corrected chi connectivity index (χ1v) is 11.2. The van der Waals surface area contributed by atoms with Gasteiger partial charge in [-0.25, -0.2) is 4.68 Å². The molecule has 3 heterocycles. The maximum Gasteiger partial charge on any atom is 0.265 e. The van der Waals surface area contributed by atoms with Gasteiger partial charge in [0.1, 0.15) is 0 Å². The molecule has 0 spiro atoms. The highest BCUT2D eigenvalue weighted by molar-refractivity contribution is 7.18. The first-order valence-electron chi connectivity index (χ1n) is 10.3. The molecule has 32 heavy (non-hydrogen) atoms. The first-order chi connectivity index (χ1) is 15.7. The maximum absolute atomic E-state index is 13.2. The van der Waals surface area contributed by atoms with E-state index in [1.807, 2.05) is 48.5 Å². The number of hydrogen-bond donors (Lipinski definition) is 1. The molecule has 4 aromatic rings. The quantitative estimate of drug-likeness (QED) is 0.503. The summed E-state index contributed by atoms with van der Waals surface area (Å²) in [5.74, 6) is 0.498. The highest BCUT2D eigenvalue weighted by Crippen LogP contribution is 2.39. The van der Waals surface area contributed by atoms with Gasteiger partial charge in [-0.2, -0.15) is 0 Å². The number of carbonyl (C=O) groups is 1. The number of amides is 1. The van der Waals surface area contributed by atoms with Crippen molar-refractivity contribution in [3.63, 3.8) is 0 Å². The van der Waals surface area contributed by atoms with Gasteiger partial charge in [0.05, 0.1) is 23.1 Å². The number of morpholine rings is 1. The second-order valence-electron chi connectivity index (χ2n) is 7.46. The maximum atomic E-state index is 13.2. The van der Waals surface area contributed by atoms with Crippen molar-refractivity contribution in [2.75, 3.05) is 36.5 Å². The van der Waals surface area contributed by atoms with E-state index in [-0.39, 0.29) is 5.91 Å². The lowest BCUT2D eigenvalue weighted by Crippen LogP contribution is -2.35. The van der Waals surface area contributed by atoms with Crippen LogP contribution >= 0.6 is 11.3 Å². The molecule has 0 radical (unpaired) electrons. The van der Waals surface area contributed by atoms with Crippen LogP contribution in [0.1, 0.15) is 9.67 Å². The second kappa shape index (κ2) is 8.89. The summed E-state index contributed by atoms with van der Waals surface area (Å²) in [5, 5.41) is 15.7. The zero-order valence-electron chi connectivity index (χ0n) is 17.6. The number of aromatic nitrogens is 4. The fourth-order valence-electron chi connectivity index (χ4n) is 3.72. The monoisotopic (exact) mass is 446 g/mol. The van der Waals surface area contributed by atoms with E-state index in [4.69, 9.17) is 4.74 Å². The van der Waals surface area contributed by atoms with Crippen molar-refractivity contribution < 1.29 is 9.53 Å². The number of benzene rings is 2. The predicted molar refractivity (Wildman–Crippen MR) is 125 cm³/mol. The van der Waals surface area contributed by atoms with Gasteiger partial charge in [0.15, 0.2) is 5.82 Å². The van der Waals surface area contributed by atoms with Crippen LogP contribution in [0.15, 0.2) is 60.7 Å². The molecule has 1 saturated heterocycles. The minimum absolute atomic E-state index is 0.139. The van der Waals surface area contributed by atoms with Gasteiger partial charge in [-0.3, -0.25) is 4.79 Å². The average Bonchev–Trinajstić information content (AvgIpc) is 3.47. The molecule has 162 valence electrons. The van der Waals surface area contributed by atoms with Crippen LogP contribution in [0, 0.1) is 0 Å². The lowest BCUT2D eigenvalue weighted by atomic mass is 10.1. The number of ether oxygens (including phenoxy) is 1. The van der Waals surface area contributed by atoms with Crippen LogP contribution in [-0.4, -0.2) is 52.4 Å². The van der Waals surface area contributed by atoms with Crippen molar-refractivity contribution >= 4 is 27.9 Å². The van der Waals surface area contributed by atoms with Crippen molar-refractivity contribution in [1.29, 1.82) is 0 Å². The van der Waals surface area contributed by atoms with E-state index in [1.54, 1.807) is 11.7 Å². The molecule has 0 aliphatic carbocycles. The molecular formula is C23H22N6O2S. The molecule has 0 saturated carbocycles. The number of hydrogen-bond acceptors (Lipinski definition) is 7. The van der Waals surface area contributed by atoms with Crippen molar-refractivity contribution in [2.24, 2.45) is 7.05 Å². The zero-order chi connectivity index (χ0) is 21.9. The lowest BCUT2D eigenvalue weighted by molar-refractivity contribution is 0.103. The van der Waals surface area contributed by atoms with Gasteiger partial charge in [0.25, 0.3) is 5.91 Å². The average molecular weight is 447 g/mol. The number of nitrogens with zero attached hydrogens (tertiary/aromatic N) is 5. The summed E-state index contributed by atoms with van der Waals surface area (Å²) >= 11 is 1.51. The molecule has 0 unspecified atom stereocenters. The number of carbonyl (C=O) groups excluding carboxylic acids is 1. The SMILES string of the molecule is Cn1nnnc1-c1cccc(NC(=O)c2cc(-c3ccccc3)c(N3CCOCC3)s2)c1. The fourth-order valence-corrected chi connectivity index (χ4v) is 4.85. The summed E-state index contributed by atoms with van der Waals surface area (Å²) in [7, 11) is 1.78. The summed E-state index contributed by atoms with van der Waals surface area (Å²) < 4.78 is 7.12. The van der Waals surface area contributed by atoms with E-state index >= 15 is 0 Å².